The maximum Gasteiger partial charge on any atom is 0.191 e. The van der Waals surface area contributed by atoms with Crippen LogP contribution in [0.15, 0.2) is 57.0 Å². The van der Waals surface area contributed by atoms with Gasteiger partial charge in [0.05, 0.1) is 17.2 Å². The molecule has 124 valence electrons. The summed E-state index contributed by atoms with van der Waals surface area (Å²) < 4.78 is 24.4. The lowest BCUT2D eigenvalue weighted by molar-refractivity contribution is 0.594. The lowest BCUT2D eigenvalue weighted by atomic mass is 10.3. The number of rotatable bonds is 7. The number of thiophene rings is 1. The van der Waals surface area contributed by atoms with Crippen LogP contribution in [0.4, 0.5) is 0 Å². The van der Waals surface area contributed by atoms with Gasteiger partial charge in [-0.25, -0.2) is 13.4 Å². The van der Waals surface area contributed by atoms with Gasteiger partial charge in [0, 0.05) is 13.1 Å². The summed E-state index contributed by atoms with van der Waals surface area (Å²) in [5, 5.41) is 10.3. The maximum absolute atomic E-state index is 12.2. The van der Waals surface area contributed by atoms with Crippen molar-refractivity contribution in [1.82, 2.24) is 10.6 Å². The van der Waals surface area contributed by atoms with Gasteiger partial charge in [0.15, 0.2) is 15.8 Å². The number of hydrogen-bond acceptors (Lipinski definition) is 4. The van der Waals surface area contributed by atoms with Crippen molar-refractivity contribution < 1.29 is 8.42 Å². The van der Waals surface area contributed by atoms with Crippen LogP contribution in [0.3, 0.4) is 0 Å². The Hall–Kier alpha value is -1.86. The predicted molar refractivity (Wildman–Crippen MR) is 95.6 cm³/mol. The minimum absolute atomic E-state index is 0.0277. The molecule has 1 aromatic heterocycles. The number of nitrogens with one attached hydrogen (secondary N) is 2. The minimum atomic E-state index is -3.27. The molecule has 0 bridgehead atoms. The molecule has 0 fully saturated rings. The molecule has 1 aromatic carbocycles. The number of benzene rings is 1. The van der Waals surface area contributed by atoms with E-state index in [0.29, 0.717) is 23.9 Å². The molecule has 2 aromatic rings. The van der Waals surface area contributed by atoms with Crippen molar-refractivity contribution in [3.05, 3.63) is 52.7 Å². The first kappa shape index (κ1) is 17.5. The summed E-state index contributed by atoms with van der Waals surface area (Å²) in [6.07, 6.45) is 0. The zero-order chi connectivity index (χ0) is 16.5. The van der Waals surface area contributed by atoms with Crippen molar-refractivity contribution in [1.29, 1.82) is 0 Å². The first-order valence-electron chi connectivity index (χ1n) is 7.43. The summed E-state index contributed by atoms with van der Waals surface area (Å²) in [4.78, 5) is 4.80. The molecule has 2 N–H and O–H groups in total. The molecular formula is C16H21N3O2S2. The van der Waals surface area contributed by atoms with Crippen molar-refractivity contribution in [2.75, 3.05) is 18.8 Å². The van der Waals surface area contributed by atoms with E-state index in [1.807, 2.05) is 23.8 Å². The number of hydrogen-bond donors (Lipinski definition) is 2. The fourth-order valence-electron chi connectivity index (χ4n) is 1.94. The van der Waals surface area contributed by atoms with Crippen LogP contribution in [-0.2, 0) is 16.4 Å². The predicted octanol–water partition coefficient (Wildman–Crippen LogP) is 2.28. The Morgan fingerprint density at radius 2 is 1.96 bits per heavy atom. The van der Waals surface area contributed by atoms with Gasteiger partial charge in [0.25, 0.3) is 0 Å². The SMILES string of the molecule is CCNC(=NCc1ccsc1)NCCS(=O)(=O)c1ccccc1. The minimum Gasteiger partial charge on any atom is -0.357 e. The fraction of sp³-hybridized carbons (Fsp3) is 0.312. The highest BCUT2D eigenvalue weighted by Crippen LogP contribution is 2.09. The molecule has 0 radical (unpaired) electrons. The van der Waals surface area contributed by atoms with E-state index in [9.17, 15) is 8.42 Å². The maximum atomic E-state index is 12.2. The van der Waals surface area contributed by atoms with Gasteiger partial charge in [0.1, 0.15) is 0 Å². The van der Waals surface area contributed by atoms with E-state index in [0.717, 1.165) is 12.1 Å². The number of sulfone groups is 1. The van der Waals surface area contributed by atoms with Crippen LogP contribution in [0.5, 0.6) is 0 Å². The van der Waals surface area contributed by atoms with E-state index in [1.54, 1.807) is 41.7 Å². The standard InChI is InChI=1S/C16H21N3O2S2/c1-2-17-16(19-12-14-8-10-22-13-14)18-9-11-23(20,21)15-6-4-3-5-7-15/h3-8,10,13H,2,9,11-12H2,1H3,(H2,17,18,19). The first-order chi connectivity index (χ1) is 11.1. The summed E-state index contributed by atoms with van der Waals surface area (Å²) in [5.41, 5.74) is 1.14. The third-order valence-electron chi connectivity index (χ3n) is 3.11. The number of nitrogens with zero attached hydrogens (tertiary/aromatic N) is 1. The summed E-state index contributed by atoms with van der Waals surface area (Å²) in [7, 11) is -3.27. The van der Waals surface area contributed by atoms with Gasteiger partial charge >= 0.3 is 0 Å². The average Bonchev–Trinajstić information content (AvgIpc) is 3.07. The molecule has 0 atom stereocenters. The molecule has 0 aliphatic heterocycles. The Morgan fingerprint density at radius 3 is 2.61 bits per heavy atom. The number of guanidine groups is 1. The van der Waals surface area contributed by atoms with Crippen molar-refractivity contribution in [3.63, 3.8) is 0 Å². The van der Waals surface area contributed by atoms with E-state index >= 15 is 0 Å². The van der Waals surface area contributed by atoms with Gasteiger partial charge in [-0.2, -0.15) is 11.3 Å². The molecule has 23 heavy (non-hydrogen) atoms. The largest absolute Gasteiger partial charge is 0.357 e. The van der Waals surface area contributed by atoms with E-state index in [-0.39, 0.29) is 5.75 Å². The van der Waals surface area contributed by atoms with E-state index < -0.39 is 9.84 Å². The molecular weight excluding hydrogens is 330 g/mol. The van der Waals surface area contributed by atoms with Gasteiger partial charge < -0.3 is 10.6 Å². The zero-order valence-electron chi connectivity index (χ0n) is 13.0. The van der Waals surface area contributed by atoms with Crippen LogP contribution >= 0.6 is 11.3 Å². The fourth-order valence-corrected chi connectivity index (χ4v) is 3.78. The van der Waals surface area contributed by atoms with Gasteiger partial charge in [-0.3, -0.25) is 0 Å². The van der Waals surface area contributed by atoms with E-state index in [4.69, 9.17) is 0 Å². The van der Waals surface area contributed by atoms with Crippen molar-refractivity contribution in [2.24, 2.45) is 4.99 Å². The molecule has 5 nitrogen and oxygen atoms in total. The summed E-state index contributed by atoms with van der Waals surface area (Å²) in [5.74, 6) is 0.654. The Kier molecular flexibility index (Phi) is 6.61. The molecule has 0 unspecified atom stereocenters. The van der Waals surface area contributed by atoms with Crippen molar-refractivity contribution in [3.8, 4) is 0 Å². The third-order valence-corrected chi connectivity index (χ3v) is 5.57. The van der Waals surface area contributed by atoms with Crippen molar-refractivity contribution in [2.45, 2.75) is 18.4 Å². The zero-order valence-corrected chi connectivity index (χ0v) is 14.7. The summed E-state index contributed by atoms with van der Waals surface area (Å²) >= 11 is 1.63. The van der Waals surface area contributed by atoms with Crippen LogP contribution in [0.1, 0.15) is 12.5 Å². The Morgan fingerprint density at radius 1 is 1.17 bits per heavy atom. The molecule has 0 saturated carbocycles. The Bertz CT molecular complexity index is 711. The van der Waals surface area contributed by atoms with Crippen LogP contribution < -0.4 is 10.6 Å². The highest BCUT2D eigenvalue weighted by atomic mass is 32.2. The molecule has 0 saturated heterocycles. The highest BCUT2D eigenvalue weighted by Gasteiger charge is 2.13. The first-order valence-corrected chi connectivity index (χ1v) is 10.0. The Labute approximate surface area is 141 Å². The van der Waals surface area contributed by atoms with Crippen LogP contribution in [-0.4, -0.2) is 33.2 Å². The second kappa shape index (κ2) is 8.69. The van der Waals surface area contributed by atoms with E-state index in [2.05, 4.69) is 15.6 Å². The van der Waals surface area contributed by atoms with Crippen LogP contribution in [0, 0.1) is 0 Å². The van der Waals surface area contributed by atoms with Gasteiger partial charge in [-0.15, -0.1) is 0 Å². The number of aliphatic imine (C=N–C) groups is 1. The Balaban J connectivity index is 1.90. The second-order valence-corrected chi connectivity index (χ2v) is 7.77. The highest BCUT2D eigenvalue weighted by molar-refractivity contribution is 7.91. The molecule has 7 heteroatoms. The van der Waals surface area contributed by atoms with Gasteiger partial charge in [-0.05, 0) is 41.4 Å². The third kappa shape index (κ3) is 5.69. The summed E-state index contributed by atoms with van der Waals surface area (Å²) in [6.45, 7) is 3.58. The average molecular weight is 351 g/mol. The van der Waals surface area contributed by atoms with Crippen LogP contribution in [0.2, 0.25) is 0 Å². The lowest BCUT2D eigenvalue weighted by Gasteiger charge is -2.11. The quantitative estimate of drug-likeness (QED) is 0.593. The van der Waals surface area contributed by atoms with Gasteiger partial charge in [-0.1, -0.05) is 18.2 Å². The molecule has 1 heterocycles. The topological polar surface area (TPSA) is 70.6 Å². The summed E-state index contributed by atoms with van der Waals surface area (Å²) in [6, 6.07) is 10.5. The molecule has 0 aliphatic rings. The lowest BCUT2D eigenvalue weighted by Crippen LogP contribution is -2.39. The molecule has 0 amide bonds. The second-order valence-electron chi connectivity index (χ2n) is 4.89. The monoisotopic (exact) mass is 351 g/mol. The molecule has 0 aliphatic carbocycles. The van der Waals surface area contributed by atoms with Crippen LogP contribution in [0.25, 0.3) is 0 Å². The van der Waals surface area contributed by atoms with Gasteiger partial charge in [0.2, 0.25) is 0 Å². The smallest absolute Gasteiger partial charge is 0.191 e. The molecule has 0 spiro atoms. The van der Waals surface area contributed by atoms with E-state index in [1.165, 1.54) is 0 Å². The van der Waals surface area contributed by atoms with Crippen molar-refractivity contribution >= 4 is 27.1 Å². The normalized spacial score (nSPS) is 12.1. The molecule has 2 rings (SSSR count).